The summed E-state index contributed by atoms with van der Waals surface area (Å²) in [6.45, 7) is 9.27. The van der Waals surface area contributed by atoms with Crippen molar-refractivity contribution < 1.29 is 4.79 Å². The molecule has 3 nitrogen and oxygen atoms in total. The second-order valence-corrected chi connectivity index (χ2v) is 4.92. The molecule has 1 N–H and O–H groups in total. The van der Waals surface area contributed by atoms with Crippen molar-refractivity contribution in [3.63, 3.8) is 0 Å². The molecule has 2 atom stereocenters. The third kappa shape index (κ3) is 4.12. The number of carbonyl (C=O) groups excluding carboxylic acids is 1. The lowest BCUT2D eigenvalue weighted by molar-refractivity contribution is -0.133. The molecule has 0 radical (unpaired) electrons. The van der Waals surface area contributed by atoms with E-state index in [4.69, 9.17) is 0 Å². The summed E-state index contributed by atoms with van der Waals surface area (Å²) in [5, 5.41) is 3.29. The Morgan fingerprint density at radius 1 is 1.50 bits per heavy atom. The zero-order valence-electron chi connectivity index (χ0n) is 11.0. The van der Waals surface area contributed by atoms with Crippen molar-refractivity contribution in [3.05, 3.63) is 0 Å². The summed E-state index contributed by atoms with van der Waals surface area (Å²) in [5.41, 5.74) is 0. The Morgan fingerprint density at radius 3 is 2.88 bits per heavy atom. The highest BCUT2D eigenvalue weighted by Crippen LogP contribution is 2.19. The van der Waals surface area contributed by atoms with Crippen molar-refractivity contribution in [1.82, 2.24) is 10.2 Å². The number of hydrogen-bond donors (Lipinski definition) is 1. The Hall–Kier alpha value is -0.570. The Labute approximate surface area is 99.6 Å². The molecule has 1 amide bonds. The Morgan fingerprint density at radius 2 is 2.25 bits per heavy atom. The summed E-state index contributed by atoms with van der Waals surface area (Å²) in [5.74, 6) is 1.05. The first-order valence-corrected chi connectivity index (χ1v) is 6.68. The van der Waals surface area contributed by atoms with Gasteiger partial charge < -0.3 is 10.2 Å². The molecular weight excluding hydrogens is 200 g/mol. The zero-order valence-corrected chi connectivity index (χ0v) is 11.0. The van der Waals surface area contributed by atoms with Gasteiger partial charge in [-0.3, -0.25) is 4.79 Å². The molecule has 1 aliphatic heterocycles. The van der Waals surface area contributed by atoms with Crippen molar-refractivity contribution >= 4 is 5.91 Å². The van der Waals surface area contributed by atoms with Gasteiger partial charge in [0.1, 0.15) is 0 Å². The van der Waals surface area contributed by atoms with Gasteiger partial charge in [0.25, 0.3) is 0 Å². The first kappa shape index (κ1) is 13.5. The van der Waals surface area contributed by atoms with Crippen molar-refractivity contribution in [1.29, 1.82) is 0 Å². The van der Waals surface area contributed by atoms with Gasteiger partial charge >= 0.3 is 0 Å². The number of nitrogens with zero attached hydrogens (tertiary/aromatic N) is 1. The van der Waals surface area contributed by atoms with Crippen LogP contribution in [0.4, 0.5) is 0 Å². The Kier molecular flexibility index (Phi) is 5.81. The topological polar surface area (TPSA) is 32.3 Å². The van der Waals surface area contributed by atoms with Gasteiger partial charge in [0.15, 0.2) is 0 Å². The standard InChI is InChI=1S/C13H26N2O/c1-4-12-7-6-8-15(10-12)13(16)9-11(3)14-5-2/h11-12,14H,4-10H2,1-3H3. The largest absolute Gasteiger partial charge is 0.342 e. The highest BCUT2D eigenvalue weighted by molar-refractivity contribution is 5.76. The fourth-order valence-electron chi connectivity index (χ4n) is 2.44. The predicted octanol–water partition coefficient (Wildman–Crippen LogP) is 2.02. The molecule has 1 aliphatic rings. The van der Waals surface area contributed by atoms with Crippen LogP contribution in [0.5, 0.6) is 0 Å². The number of hydrogen-bond acceptors (Lipinski definition) is 2. The van der Waals surface area contributed by atoms with Gasteiger partial charge in [0, 0.05) is 25.6 Å². The van der Waals surface area contributed by atoms with Crippen LogP contribution in [0.1, 0.15) is 46.5 Å². The summed E-state index contributed by atoms with van der Waals surface area (Å²) < 4.78 is 0. The number of likely N-dealkylation sites (tertiary alicyclic amines) is 1. The fraction of sp³-hybridized carbons (Fsp3) is 0.923. The van der Waals surface area contributed by atoms with Gasteiger partial charge in [-0.1, -0.05) is 20.3 Å². The highest BCUT2D eigenvalue weighted by Gasteiger charge is 2.23. The molecule has 0 aromatic carbocycles. The summed E-state index contributed by atoms with van der Waals surface area (Å²) in [6.07, 6.45) is 4.32. The SMILES string of the molecule is CCNC(C)CC(=O)N1CCCC(CC)C1. The minimum Gasteiger partial charge on any atom is -0.342 e. The van der Waals surface area contributed by atoms with Gasteiger partial charge in [-0.05, 0) is 32.2 Å². The second-order valence-electron chi connectivity index (χ2n) is 4.92. The molecule has 94 valence electrons. The van der Waals surface area contributed by atoms with E-state index in [1.165, 1.54) is 19.3 Å². The molecule has 1 fully saturated rings. The molecule has 2 unspecified atom stereocenters. The van der Waals surface area contributed by atoms with Gasteiger partial charge in [0.05, 0.1) is 0 Å². The number of carbonyl (C=O) groups is 1. The number of piperidine rings is 1. The highest BCUT2D eigenvalue weighted by atomic mass is 16.2. The first-order chi connectivity index (χ1) is 7.67. The van der Waals surface area contributed by atoms with Crippen LogP contribution >= 0.6 is 0 Å². The molecular formula is C13H26N2O. The monoisotopic (exact) mass is 226 g/mol. The van der Waals surface area contributed by atoms with Crippen molar-refractivity contribution in [3.8, 4) is 0 Å². The van der Waals surface area contributed by atoms with Crippen LogP contribution in [0.25, 0.3) is 0 Å². The van der Waals surface area contributed by atoms with E-state index in [2.05, 4.69) is 31.0 Å². The van der Waals surface area contributed by atoms with E-state index in [1.807, 2.05) is 0 Å². The minimum atomic E-state index is 0.305. The molecule has 16 heavy (non-hydrogen) atoms. The van der Waals surface area contributed by atoms with E-state index in [1.54, 1.807) is 0 Å². The summed E-state index contributed by atoms with van der Waals surface area (Å²) in [6, 6.07) is 0.305. The van der Waals surface area contributed by atoms with E-state index in [-0.39, 0.29) is 0 Å². The molecule has 0 saturated carbocycles. The molecule has 1 heterocycles. The number of rotatable bonds is 5. The van der Waals surface area contributed by atoms with Crippen LogP contribution < -0.4 is 5.32 Å². The van der Waals surface area contributed by atoms with Crippen LogP contribution in [0, 0.1) is 5.92 Å². The van der Waals surface area contributed by atoms with E-state index in [0.717, 1.165) is 25.6 Å². The molecule has 1 saturated heterocycles. The zero-order chi connectivity index (χ0) is 12.0. The molecule has 0 aliphatic carbocycles. The molecule has 0 aromatic rings. The quantitative estimate of drug-likeness (QED) is 0.778. The normalized spacial score (nSPS) is 23.2. The summed E-state index contributed by atoms with van der Waals surface area (Å²) in [4.78, 5) is 14.1. The average Bonchev–Trinajstić information content (AvgIpc) is 2.29. The minimum absolute atomic E-state index is 0.305. The molecule has 3 heteroatoms. The van der Waals surface area contributed by atoms with Crippen molar-refractivity contribution in [2.75, 3.05) is 19.6 Å². The van der Waals surface area contributed by atoms with Gasteiger partial charge in [-0.2, -0.15) is 0 Å². The van der Waals surface area contributed by atoms with E-state index >= 15 is 0 Å². The van der Waals surface area contributed by atoms with E-state index in [9.17, 15) is 4.79 Å². The third-order valence-electron chi connectivity index (χ3n) is 3.48. The van der Waals surface area contributed by atoms with Gasteiger partial charge in [0.2, 0.25) is 5.91 Å². The van der Waals surface area contributed by atoms with Crippen LogP contribution in [0.3, 0.4) is 0 Å². The van der Waals surface area contributed by atoms with Crippen molar-refractivity contribution in [2.24, 2.45) is 5.92 Å². The maximum atomic E-state index is 12.0. The first-order valence-electron chi connectivity index (χ1n) is 6.68. The lowest BCUT2D eigenvalue weighted by Crippen LogP contribution is -2.42. The van der Waals surface area contributed by atoms with E-state index < -0.39 is 0 Å². The predicted molar refractivity (Wildman–Crippen MR) is 67.4 cm³/mol. The van der Waals surface area contributed by atoms with Crippen LogP contribution in [-0.2, 0) is 4.79 Å². The maximum absolute atomic E-state index is 12.0. The Balaban J connectivity index is 2.35. The lowest BCUT2D eigenvalue weighted by atomic mass is 9.95. The lowest BCUT2D eigenvalue weighted by Gasteiger charge is -2.33. The molecule has 0 bridgehead atoms. The van der Waals surface area contributed by atoms with Crippen LogP contribution in [0.2, 0.25) is 0 Å². The van der Waals surface area contributed by atoms with Crippen molar-refractivity contribution in [2.45, 2.75) is 52.5 Å². The van der Waals surface area contributed by atoms with Crippen LogP contribution in [0.15, 0.2) is 0 Å². The Bertz CT molecular complexity index is 218. The number of amides is 1. The fourth-order valence-corrected chi connectivity index (χ4v) is 2.44. The molecule has 0 spiro atoms. The van der Waals surface area contributed by atoms with Gasteiger partial charge in [-0.15, -0.1) is 0 Å². The molecule has 0 aromatic heterocycles. The summed E-state index contributed by atoms with van der Waals surface area (Å²) >= 11 is 0. The smallest absolute Gasteiger partial charge is 0.224 e. The van der Waals surface area contributed by atoms with Crippen LogP contribution in [-0.4, -0.2) is 36.5 Å². The molecule has 1 rings (SSSR count). The third-order valence-corrected chi connectivity index (χ3v) is 3.48. The summed E-state index contributed by atoms with van der Waals surface area (Å²) in [7, 11) is 0. The van der Waals surface area contributed by atoms with E-state index in [0.29, 0.717) is 18.4 Å². The van der Waals surface area contributed by atoms with Gasteiger partial charge in [-0.25, -0.2) is 0 Å². The maximum Gasteiger partial charge on any atom is 0.224 e. The second kappa shape index (κ2) is 6.89. The average molecular weight is 226 g/mol. The number of nitrogens with one attached hydrogen (secondary N) is 1.